The molecule has 1 aromatic rings. The summed E-state index contributed by atoms with van der Waals surface area (Å²) in [4.78, 5) is 0. The molecule has 0 aliphatic carbocycles. The normalized spacial score (nSPS) is 13.4. The van der Waals surface area contributed by atoms with Gasteiger partial charge in [-0.1, -0.05) is 36.2 Å². The quantitative estimate of drug-likeness (QED) is 0.568. The molecule has 0 bridgehead atoms. The molecule has 0 spiro atoms. The maximum absolute atomic E-state index is 11.5. The van der Waals surface area contributed by atoms with Crippen LogP contribution in [0.4, 0.5) is 0 Å². The van der Waals surface area contributed by atoms with Gasteiger partial charge in [0.2, 0.25) is 0 Å². The Hall–Kier alpha value is -0.910. The fourth-order valence-electron chi connectivity index (χ4n) is 2.41. The summed E-state index contributed by atoms with van der Waals surface area (Å²) in [5.74, 6) is 6.04. The molecule has 4 nitrogen and oxygen atoms in total. The van der Waals surface area contributed by atoms with Gasteiger partial charge in [0.05, 0.1) is 5.75 Å². The molecule has 20 heavy (non-hydrogen) atoms. The monoisotopic (exact) mass is 298 g/mol. The van der Waals surface area contributed by atoms with Crippen LogP contribution in [0.15, 0.2) is 18.2 Å². The molecular weight excluding hydrogens is 272 g/mol. The molecule has 0 aromatic heterocycles. The average molecular weight is 298 g/mol. The third kappa shape index (κ3) is 6.03. The first-order chi connectivity index (χ1) is 9.36. The van der Waals surface area contributed by atoms with Gasteiger partial charge in [-0.25, -0.2) is 8.42 Å². The molecule has 5 heteroatoms. The van der Waals surface area contributed by atoms with E-state index in [1.165, 1.54) is 16.7 Å². The zero-order valence-corrected chi connectivity index (χ0v) is 13.5. The molecule has 0 saturated heterocycles. The number of aryl methyl sites for hydroxylation is 2. The number of sulfone groups is 1. The lowest BCUT2D eigenvalue weighted by Gasteiger charge is -2.16. The molecular formula is C15H26N2O2S. The number of nitrogens with two attached hydrogens (primary N) is 1. The van der Waals surface area contributed by atoms with E-state index in [-0.39, 0.29) is 17.5 Å². The lowest BCUT2D eigenvalue weighted by atomic mass is 9.99. The van der Waals surface area contributed by atoms with Gasteiger partial charge in [0.25, 0.3) is 0 Å². The van der Waals surface area contributed by atoms with E-state index in [0.717, 1.165) is 12.8 Å². The minimum Gasteiger partial charge on any atom is -0.271 e. The van der Waals surface area contributed by atoms with Gasteiger partial charge in [-0.2, -0.15) is 0 Å². The third-order valence-electron chi connectivity index (χ3n) is 3.45. The van der Waals surface area contributed by atoms with Crippen LogP contribution in [-0.4, -0.2) is 26.0 Å². The van der Waals surface area contributed by atoms with Crippen LogP contribution in [0.2, 0.25) is 0 Å². The van der Waals surface area contributed by atoms with E-state index in [0.29, 0.717) is 6.42 Å². The highest BCUT2D eigenvalue weighted by molar-refractivity contribution is 7.91. The Kier molecular flexibility index (Phi) is 6.65. The van der Waals surface area contributed by atoms with Gasteiger partial charge in [-0.05, 0) is 38.7 Å². The Balaban J connectivity index is 2.55. The first-order valence-electron chi connectivity index (χ1n) is 7.10. The Labute approximate surface area is 122 Å². The van der Waals surface area contributed by atoms with Crippen molar-refractivity contribution in [3.05, 3.63) is 34.9 Å². The molecule has 3 N–H and O–H groups in total. The van der Waals surface area contributed by atoms with Crippen molar-refractivity contribution < 1.29 is 8.42 Å². The number of hydrogen-bond acceptors (Lipinski definition) is 4. The molecule has 1 atom stereocenters. The van der Waals surface area contributed by atoms with Crippen LogP contribution in [0, 0.1) is 13.8 Å². The molecule has 0 aliphatic rings. The van der Waals surface area contributed by atoms with E-state index >= 15 is 0 Å². The maximum Gasteiger partial charge on any atom is 0.150 e. The van der Waals surface area contributed by atoms with Gasteiger partial charge >= 0.3 is 0 Å². The first-order valence-corrected chi connectivity index (χ1v) is 8.92. The predicted molar refractivity (Wildman–Crippen MR) is 84.3 cm³/mol. The maximum atomic E-state index is 11.5. The largest absolute Gasteiger partial charge is 0.271 e. The predicted octanol–water partition coefficient (Wildman–Crippen LogP) is 1.89. The Morgan fingerprint density at radius 1 is 1.20 bits per heavy atom. The van der Waals surface area contributed by atoms with Crippen LogP contribution < -0.4 is 11.3 Å². The topological polar surface area (TPSA) is 72.2 Å². The lowest BCUT2D eigenvalue weighted by Crippen LogP contribution is -2.37. The molecule has 0 saturated carbocycles. The third-order valence-corrected chi connectivity index (χ3v) is 5.24. The fraction of sp³-hybridized carbons (Fsp3) is 0.600. The van der Waals surface area contributed by atoms with E-state index in [4.69, 9.17) is 5.84 Å². The highest BCUT2D eigenvalue weighted by Gasteiger charge is 2.12. The summed E-state index contributed by atoms with van der Waals surface area (Å²) in [6.45, 7) is 5.84. The number of hydrogen-bond donors (Lipinski definition) is 2. The van der Waals surface area contributed by atoms with Crippen molar-refractivity contribution in [3.63, 3.8) is 0 Å². The number of nitrogens with one attached hydrogen (secondary N) is 1. The van der Waals surface area contributed by atoms with Crippen molar-refractivity contribution in [2.75, 3.05) is 11.5 Å². The fourth-order valence-corrected chi connectivity index (χ4v) is 3.30. The van der Waals surface area contributed by atoms with Gasteiger partial charge in [0.1, 0.15) is 9.84 Å². The van der Waals surface area contributed by atoms with Crippen LogP contribution in [-0.2, 0) is 16.3 Å². The zero-order chi connectivity index (χ0) is 15.2. The standard InChI is InChI=1S/C15H26N2O2S/c1-4-20(18,19)7-5-6-15(17-16)11-14-9-12(2)8-13(3)10-14/h8-10,15,17H,4-7,11,16H2,1-3H3. The highest BCUT2D eigenvalue weighted by atomic mass is 32.2. The minimum atomic E-state index is -2.88. The van der Waals surface area contributed by atoms with Crippen LogP contribution in [0.25, 0.3) is 0 Å². The molecule has 0 fully saturated rings. The van der Waals surface area contributed by atoms with Crippen LogP contribution in [0.3, 0.4) is 0 Å². The summed E-state index contributed by atoms with van der Waals surface area (Å²) in [7, 11) is -2.88. The van der Waals surface area contributed by atoms with Crippen molar-refractivity contribution in [1.29, 1.82) is 0 Å². The highest BCUT2D eigenvalue weighted by Crippen LogP contribution is 2.13. The van der Waals surface area contributed by atoms with Gasteiger partial charge in [-0.15, -0.1) is 0 Å². The zero-order valence-electron chi connectivity index (χ0n) is 12.6. The van der Waals surface area contributed by atoms with Crippen molar-refractivity contribution in [2.45, 2.75) is 46.1 Å². The molecule has 0 amide bonds. The smallest absolute Gasteiger partial charge is 0.150 e. The average Bonchev–Trinajstić information content (AvgIpc) is 2.36. The molecule has 0 heterocycles. The van der Waals surface area contributed by atoms with E-state index in [1.54, 1.807) is 6.92 Å². The van der Waals surface area contributed by atoms with E-state index < -0.39 is 9.84 Å². The number of rotatable bonds is 8. The van der Waals surface area contributed by atoms with E-state index in [9.17, 15) is 8.42 Å². The second-order valence-corrected chi connectivity index (χ2v) is 7.92. The second-order valence-electron chi connectivity index (χ2n) is 5.44. The summed E-state index contributed by atoms with van der Waals surface area (Å²) in [6.07, 6.45) is 2.24. The van der Waals surface area contributed by atoms with Crippen molar-refractivity contribution in [2.24, 2.45) is 5.84 Å². The van der Waals surface area contributed by atoms with Crippen LogP contribution >= 0.6 is 0 Å². The summed E-state index contributed by atoms with van der Waals surface area (Å²) < 4.78 is 22.9. The number of benzene rings is 1. The Morgan fingerprint density at radius 3 is 2.30 bits per heavy atom. The van der Waals surface area contributed by atoms with Gasteiger partial charge in [-0.3, -0.25) is 11.3 Å². The number of hydrazine groups is 1. The Morgan fingerprint density at radius 2 is 1.80 bits per heavy atom. The molecule has 0 aliphatic heterocycles. The summed E-state index contributed by atoms with van der Waals surface area (Å²) >= 11 is 0. The minimum absolute atomic E-state index is 0.114. The second kappa shape index (κ2) is 7.76. The van der Waals surface area contributed by atoms with Gasteiger partial charge < -0.3 is 0 Å². The Bertz CT molecular complexity index is 506. The summed E-state index contributed by atoms with van der Waals surface area (Å²) in [6, 6.07) is 6.56. The summed E-state index contributed by atoms with van der Waals surface area (Å²) in [5, 5.41) is 0. The van der Waals surface area contributed by atoms with E-state index in [2.05, 4.69) is 37.5 Å². The van der Waals surface area contributed by atoms with Crippen LogP contribution in [0.5, 0.6) is 0 Å². The van der Waals surface area contributed by atoms with Crippen LogP contribution in [0.1, 0.15) is 36.5 Å². The van der Waals surface area contributed by atoms with Crippen molar-refractivity contribution in [1.82, 2.24) is 5.43 Å². The molecule has 1 unspecified atom stereocenters. The molecule has 1 aromatic carbocycles. The molecule has 0 radical (unpaired) electrons. The lowest BCUT2D eigenvalue weighted by molar-refractivity contribution is 0.484. The van der Waals surface area contributed by atoms with E-state index in [1.807, 2.05) is 0 Å². The van der Waals surface area contributed by atoms with Gasteiger partial charge in [0.15, 0.2) is 0 Å². The summed E-state index contributed by atoms with van der Waals surface area (Å²) in [5.41, 5.74) is 6.52. The molecule has 1 rings (SSSR count). The SMILES string of the molecule is CCS(=O)(=O)CCCC(Cc1cc(C)cc(C)c1)NN. The van der Waals surface area contributed by atoms with Crippen molar-refractivity contribution >= 4 is 9.84 Å². The van der Waals surface area contributed by atoms with Gasteiger partial charge in [0, 0.05) is 11.8 Å². The van der Waals surface area contributed by atoms with Crippen molar-refractivity contribution in [3.8, 4) is 0 Å². The molecule has 114 valence electrons. The first kappa shape index (κ1) is 17.1.